The Morgan fingerprint density at radius 2 is 1.73 bits per heavy atom. The third-order valence-electron chi connectivity index (χ3n) is 3.15. The lowest BCUT2D eigenvalue weighted by molar-refractivity contribution is 0.0696. The third-order valence-corrected chi connectivity index (χ3v) is 4.67. The van der Waals surface area contributed by atoms with Crippen LogP contribution in [0.2, 0.25) is 0 Å². The van der Waals surface area contributed by atoms with Crippen LogP contribution in [0.4, 0.5) is 10.1 Å². The number of nitrogens with one attached hydrogen (secondary N) is 1. The first-order chi connectivity index (χ1) is 10.2. The summed E-state index contributed by atoms with van der Waals surface area (Å²) in [7, 11) is -4.01. The van der Waals surface area contributed by atoms with Gasteiger partial charge in [0.1, 0.15) is 5.82 Å². The molecular formula is C15H14FNO4S. The van der Waals surface area contributed by atoms with E-state index in [-0.39, 0.29) is 16.1 Å². The van der Waals surface area contributed by atoms with E-state index in [0.29, 0.717) is 11.1 Å². The van der Waals surface area contributed by atoms with Crippen molar-refractivity contribution in [3.8, 4) is 0 Å². The molecular weight excluding hydrogens is 309 g/mol. The molecule has 7 heteroatoms. The number of benzene rings is 2. The van der Waals surface area contributed by atoms with Gasteiger partial charge in [-0.15, -0.1) is 0 Å². The Labute approximate surface area is 127 Å². The second kappa shape index (κ2) is 5.76. The van der Waals surface area contributed by atoms with Gasteiger partial charge in [0.25, 0.3) is 10.0 Å². The quantitative estimate of drug-likeness (QED) is 0.906. The van der Waals surface area contributed by atoms with Crippen LogP contribution in [0.3, 0.4) is 0 Å². The second-order valence-electron chi connectivity index (χ2n) is 4.85. The number of rotatable bonds is 4. The highest BCUT2D eigenvalue weighted by Gasteiger charge is 2.19. The second-order valence-corrected chi connectivity index (χ2v) is 6.51. The molecule has 2 N–H and O–H groups in total. The van der Waals surface area contributed by atoms with Crippen LogP contribution in [0, 0.1) is 19.7 Å². The van der Waals surface area contributed by atoms with Gasteiger partial charge in [0.05, 0.1) is 16.1 Å². The average Bonchev–Trinajstić information content (AvgIpc) is 2.42. The van der Waals surface area contributed by atoms with Crippen molar-refractivity contribution in [1.29, 1.82) is 0 Å². The number of sulfonamides is 1. The SMILES string of the molecule is Cc1ccc(NS(=O)(=O)c2cc(C(=O)O)ccc2C)cc1F. The minimum Gasteiger partial charge on any atom is -0.478 e. The lowest BCUT2D eigenvalue weighted by Gasteiger charge is -2.11. The van der Waals surface area contributed by atoms with Gasteiger partial charge < -0.3 is 5.11 Å². The van der Waals surface area contributed by atoms with E-state index in [9.17, 15) is 17.6 Å². The van der Waals surface area contributed by atoms with Gasteiger partial charge in [-0.25, -0.2) is 17.6 Å². The largest absolute Gasteiger partial charge is 0.478 e. The fourth-order valence-electron chi connectivity index (χ4n) is 1.89. The number of aromatic carboxylic acids is 1. The van der Waals surface area contributed by atoms with Crippen LogP contribution < -0.4 is 4.72 Å². The van der Waals surface area contributed by atoms with Gasteiger partial charge in [0.15, 0.2) is 0 Å². The van der Waals surface area contributed by atoms with Crippen molar-refractivity contribution < 1.29 is 22.7 Å². The van der Waals surface area contributed by atoms with Crippen LogP contribution in [0.1, 0.15) is 21.5 Å². The molecule has 0 unspecified atom stereocenters. The molecule has 0 radical (unpaired) electrons. The van der Waals surface area contributed by atoms with Crippen molar-refractivity contribution in [2.75, 3.05) is 4.72 Å². The number of aryl methyl sites for hydroxylation is 2. The highest BCUT2D eigenvalue weighted by molar-refractivity contribution is 7.92. The third kappa shape index (κ3) is 3.25. The smallest absolute Gasteiger partial charge is 0.335 e. The maximum atomic E-state index is 13.5. The summed E-state index contributed by atoms with van der Waals surface area (Å²) in [4.78, 5) is 10.8. The van der Waals surface area contributed by atoms with Crippen LogP contribution in [-0.4, -0.2) is 19.5 Å². The van der Waals surface area contributed by atoms with Gasteiger partial charge in [-0.1, -0.05) is 12.1 Å². The highest BCUT2D eigenvalue weighted by Crippen LogP contribution is 2.22. The molecule has 116 valence electrons. The lowest BCUT2D eigenvalue weighted by atomic mass is 10.1. The minimum absolute atomic E-state index is 0.0724. The van der Waals surface area contributed by atoms with E-state index in [1.165, 1.54) is 24.3 Å². The summed E-state index contributed by atoms with van der Waals surface area (Å²) >= 11 is 0. The molecule has 2 aromatic rings. The minimum atomic E-state index is -4.01. The van der Waals surface area contributed by atoms with E-state index >= 15 is 0 Å². The summed E-state index contributed by atoms with van der Waals surface area (Å²) in [5.74, 6) is -1.76. The van der Waals surface area contributed by atoms with Crippen LogP contribution in [0.5, 0.6) is 0 Å². The molecule has 5 nitrogen and oxygen atoms in total. The molecule has 0 spiro atoms. The Morgan fingerprint density at radius 1 is 1.09 bits per heavy atom. The number of hydrogen-bond donors (Lipinski definition) is 2. The molecule has 0 aromatic heterocycles. The first-order valence-electron chi connectivity index (χ1n) is 6.33. The molecule has 0 aliphatic rings. The molecule has 0 fully saturated rings. The zero-order chi connectivity index (χ0) is 16.5. The Bertz CT molecular complexity index is 847. The Hall–Kier alpha value is -2.41. The monoisotopic (exact) mass is 323 g/mol. The molecule has 22 heavy (non-hydrogen) atoms. The molecule has 0 bridgehead atoms. The fraction of sp³-hybridized carbons (Fsp3) is 0.133. The number of halogens is 1. The summed E-state index contributed by atoms with van der Waals surface area (Å²) in [6.45, 7) is 3.12. The normalized spacial score (nSPS) is 11.2. The summed E-state index contributed by atoms with van der Waals surface area (Å²) < 4.78 is 40.5. The number of hydrogen-bond acceptors (Lipinski definition) is 3. The van der Waals surface area contributed by atoms with E-state index in [4.69, 9.17) is 5.11 Å². The van der Waals surface area contributed by atoms with Crippen LogP contribution in [0.15, 0.2) is 41.3 Å². The van der Waals surface area contributed by atoms with E-state index in [0.717, 1.165) is 12.1 Å². The van der Waals surface area contributed by atoms with Crippen LogP contribution in [0.25, 0.3) is 0 Å². The molecule has 0 aliphatic heterocycles. The molecule has 2 aromatic carbocycles. The van der Waals surface area contributed by atoms with E-state index in [1.807, 2.05) is 0 Å². The van der Waals surface area contributed by atoms with Gasteiger partial charge in [0.2, 0.25) is 0 Å². The first kappa shape index (κ1) is 16.0. The van der Waals surface area contributed by atoms with E-state index < -0.39 is 21.8 Å². The number of carboxylic acid groups (broad SMARTS) is 1. The van der Waals surface area contributed by atoms with Gasteiger partial charge in [-0.05, 0) is 49.2 Å². The molecule has 0 saturated carbocycles. The number of anilines is 1. The van der Waals surface area contributed by atoms with Crippen molar-refractivity contribution in [3.63, 3.8) is 0 Å². The molecule has 2 rings (SSSR count). The zero-order valence-corrected chi connectivity index (χ0v) is 12.7. The van der Waals surface area contributed by atoms with Gasteiger partial charge in [0, 0.05) is 0 Å². The van der Waals surface area contributed by atoms with Crippen molar-refractivity contribution in [3.05, 3.63) is 58.9 Å². The van der Waals surface area contributed by atoms with E-state index in [2.05, 4.69) is 4.72 Å². The average molecular weight is 323 g/mol. The molecule has 0 heterocycles. The summed E-state index contributed by atoms with van der Waals surface area (Å²) in [5.41, 5.74) is 0.723. The number of carboxylic acids is 1. The topological polar surface area (TPSA) is 83.5 Å². The summed E-state index contributed by atoms with van der Waals surface area (Å²) in [5, 5.41) is 8.96. The van der Waals surface area contributed by atoms with Crippen LogP contribution >= 0.6 is 0 Å². The van der Waals surface area contributed by atoms with Gasteiger partial charge in [-0.3, -0.25) is 4.72 Å². The summed E-state index contributed by atoms with van der Waals surface area (Å²) in [6, 6.07) is 7.77. The highest BCUT2D eigenvalue weighted by atomic mass is 32.2. The predicted molar refractivity (Wildman–Crippen MR) is 80.1 cm³/mol. The maximum absolute atomic E-state index is 13.5. The van der Waals surface area contributed by atoms with Crippen molar-refractivity contribution >= 4 is 21.7 Å². The standard InChI is InChI=1S/C15H14FNO4S/c1-9-4-6-12(8-13(9)16)17-22(20,21)14-7-11(15(18)19)5-3-10(14)2/h3-8,17H,1-2H3,(H,18,19). The summed E-state index contributed by atoms with van der Waals surface area (Å²) in [6.07, 6.45) is 0. The molecule has 0 amide bonds. The van der Waals surface area contributed by atoms with Crippen molar-refractivity contribution in [2.24, 2.45) is 0 Å². The van der Waals surface area contributed by atoms with Crippen LogP contribution in [-0.2, 0) is 10.0 Å². The van der Waals surface area contributed by atoms with Crippen molar-refractivity contribution in [2.45, 2.75) is 18.7 Å². The van der Waals surface area contributed by atoms with Crippen molar-refractivity contribution in [1.82, 2.24) is 0 Å². The Kier molecular flexibility index (Phi) is 4.18. The van der Waals surface area contributed by atoms with Gasteiger partial charge >= 0.3 is 5.97 Å². The van der Waals surface area contributed by atoms with E-state index in [1.54, 1.807) is 13.8 Å². The van der Waals surface area contributed by atoms with Gasteiger partial charge in [-0.2, -0.15) is 0 Å². The molecule has 0 atom stereocenters. The Morgan fingerprint density at radius 3 is 2.32 bits per heavy atom. The zero-order valence-electron chi connectivity index (χ0n) is 11.9. The predicted octanol–water partition coefficient (Wildman–Crippen LogP) is 2.94. The molecule has 0 saturated heterocycles. The fourth-order valence-corrected chi connectivity index (χ4v) is 3.21. The first-order valence-corrected chi connectivity index (χ1v) is 7.82. The number of carbonyl (C=O) groups is 1. The molecule has 0 aliphatic carbocycles. The lowest BCUT2D eigenvalue weighted by Crippen LogP contribution is -2.15. The maximum Gasteiger partial charge on any atom is 0.335 e. The Balaban J connectivity index is 2.44.